The van der Waals surface area contributed by atoms with Crippen LogP contribution in [0.1, 0.15) is 41.2 Å². The molecule has 2 N–H and O–H groups in total. The van der Waals surface area contributed by atoms with Crippen molar-refractivity contribution in [1.29, 1.82) is 0 Å². The second-order valence-electron chi connectivity index (χ2n) is 8.22. The Balaban J connectivity index is 1.45. The van der Waals surface area contributed by atoms with Crippen LogP contribution >= 0.6 is 11.3 Å². The summed E-state index contributed by atoms with van der Waals surface area (Å²) in [5, 5.41) is 4.15. The van der Waals surface area contributed by atoms with Crippen molar-refractivity contribution in [3.63, 3.8) is 0 Å². The quantitative estimate of drug-likeness (QED) is 0.475. The highest BCUT2D eigenvalue weighted by atomic mass is 32.1. The molecule has 0 saturated carbocycles. The number of hydrazine groups is 1. The molecule has 4 rings (SSSR count). The summed E-state index contributed by atoms with van der Waals surface area (Å²) in [5.41, 5.74) is 3.79. The lowest BCUT2D eigenvalue weighted by molar-refractivity contribution is -0.132. The van der Waals surface area contributed by atoms with Crippen molar-refractivity contribution in [1.82, 2.24) is 20.7 Å². The third-order valence-electron chi connectivity index (χ3n) is 5.65. The van der Waals surface area contributed by atoms with Crippen molar-refractivity contribution in [2.45, 2.75) is 39.2 Å². The summed E-state index contributed by atoms with van der Waals surface area (Å²) < 4.78 is 5.46. The van der Waals surface area contributed by atoms with Crippen LogP contribution in [0.2, 0.25) is 0 Å². The molecule has 176 valence electrons. The van der Waals surface area contributed by atoms with Crippen LogP contribution in [0.15, 0.2) is 54.6 Å². The van der Waals surface area contributed by atoms with E-state index in [1.807, 2.05) is 61.5 Å². The van der Waals surface area contributed by atoms with Crippen molar-refractivity contribution in [3.8, 4) is 16.3 Å². The normalized spacial score (nSPS) is 17.6. The Kier molecular flexibility index (Phi) is 6.65. The molecule has 0 aliphatic carbocycles. The maximum Gasteiger partial charge on any atom is 0.344 e. The zero-order chi connectivity index (χ0) is 24.3. The van der Waals surface area contributed by atoms with Gasteiger partial charge in [0.15, 0.2) is 0 Å². The Morgan fingerprint density at radius 3 is 2.53 bits per heavy atom. The zero-order valence-corrected chi connectivity index (χ0v) is 20.1. The number of benzene rings is 2. The van der Waals surface area contributed by atoms with Gasteiger partial charge in [-0.15, -0.1) is 11.3 Å². The molecule has 34 heavy (non-hydrogen) atoms. The van der Waals surface area contributed by atoms with Crippen molar-refractivity contribution < 1.29 is 19.1 Å². The van der Waals surface area contributed by atoms with Crippen LogP contribution in [0.5, 0.6) is 5.75 Å². The van der Waals surface area contributed by atoms with Gasteiger partial charge < -0.3 is 10.1 Å². The first-order valence-corrected chi connectivity index (χ1v) is 11.8. The molecule has 1 fully saturated rings. The third kappa shape index (κ3) is 4.79. The molecule has 9 heteroatoms. The molecule has 2 aromatic carbocycles. The number of imide groups is 1. The summed E-state index contributed by atoms with van der Waals surface area (Å²) in [6.07, 6.45) is 1.03. The van der Waals surface area contributed by atoms with Crippen LogP contribution in [0, 0.1) is 6.92 Å². The van der Waals surface area contributed by atoms with Crippen LogP contribution in [-0.2, 0) is 11.2 Å². The molecule has 1 unspecified atom stereocenters. The summed E-state index contributed by atoms with van der Waals surface area (Å²) in [5.74, 6) is -0.287. The summed E-state index contributed by atoms with van der Waals surface area (Å²) >= 11 is 1.20. The Morgan fingerprint density at radius 2 is 1.85 bits per heavy atom. The maximum absolute atomic E-state index is 13.0. The van der Waals surface area contributed by atoms with E-state index in [0.29, 0.717) is 35.0 Å². The van der Waals surface area contributed by atoms with Gasteiger partial charge in [-0.2, -0.15) is 5.01 Å². The van der Waals surface area contributed by atoms with Crippen molar-refractivity contribution in [2.75, 3.05) is 6.61 Å². The van der Waals surface area contributed by atoms with Gasteiger partial charge in [-0.3, -0.25) is 15.0 Å². The van der Waals surface area contributed by atoms with Crippen LogP contribution in [0.3, 0.4) is 0 Å². The van der Waals surface area contributed by atoms with Gasteiger partial charge in [0.25, 0.3) is 11.8 Å². The monoisotopic (exact) mass is 478 g/mol. The van der Waals surface area contributed by atoms with E-state index >= 15 is 0 Å². The number of aromatic nitrogens is 1. The van der Waals surface area contributed by atoms with Crippen LogP contribution in [-0.4, -0.2) is 40.0 Å². The van der Waals surface area contributed by atoms with Gasteiger partial charge in [-0.05, 0) is 63.4 Å². The van der Waals surface area contributed by atoms with Gasteiger partial charge >= 0.3 is 6.03 Å². The molecular formula is C25H26N4O4S. The van der Waals surface area contributed by atoms with Crippen molar-refractivity contribution in [3.05, 3.63) is 70.7 Å². The number of hydrogen-bond acceptors (Lipinski definition) is 6. The summed E-state index contributed by atoms with van der Waals surface area (Å²) in [6, 6.07) is 16.5. The molecule has 0 radical (unpaired) electrons. The van der Waals surface area contributed by atoms with Gasteiger partial charge in [-0.1, -0.05) is 30.3 Å². The first kappa shape index (κ1) is 23.4. The molecule has 1 atom stereocenters. The molecule has 4 amide bonds. The highest BCUT2D eigenvalue weighted by Crippen LogP contribution is 2.30. The number of aryl methyl sites for hydroxylation is 2. The van der Waals surface area contributed by atoms with Gasteiger partial charge in [-0.25, -0.2) is 9.78 Å². The van der Waals surface area contributed by atoms with E-state index in [1.54, 1.807) is 13.8 Å². The number of amides is 4. The fraction of sp³-hybridized carbons (Fsp3) is 0.280. The standard InChI is InChI=1S/C25H26N4O4S/c1-4-33-19-12-10-18(11-13-19)22-26-16(2)20(34-22)21(30)28-29-23(31)25(3,27-24(29)32)15-14-17-8-6-5-7-9-17/h5-13H,4,14-15H2,1-3H3,(H,27,32)(H,28,30). The highest BCUT2D eigenvalue weighted by Gasteiger charge is 2.48. The Bertz CT molecular complexity index is 1210. The smallest absolute Gasteiger partial charge is 0.344 e. The molecule has 1 aliphatic heterocycles. The van der Waals surface area contributed by atoms with Gasteiger partial charge in [0.1, 0.15) is 21.2 Å². The minimum Gasteiger partial charge on any atom is -0.494 e. The van der Waals surface area contributed by atoms with E-state index in [4.69, 9.17) is 4.74 Å². The van der Waals surface area contributed by atoms with E-state index in [-0.39, 0.29) is 0 Å². The Morgan fingerprint density at radius 1 is 1.15 bits per heavy atom. The highest BCUT2D eigenvalue weighted by molar-refractivity contribution is 7.17. The Hall–Kier alpha value is -3.72. The minimum absolute atomic E-state index is 0.336. The average molecular weight is 479 g/mol. The number of thiazole rings is 1. The molecular weight excluding hydrogens is 452 g/mol. The predicted molar refractivity (Wildman–Crippen MR) is 129 cm³/mol. The number of ether oxygens (including phenoxy) is 1. The molecule has 1 aromatic heterocycles. The first-order valence-electron chi connectivity index (χ1n) is 11.0. The van der Waals surface area contributed by atoms with Crippen LogP contribution < -0.4 is 15.5 Å². The first-order chi connectivity index (χ1) is 16.3. The molecule has 0 spiro atoms. The van der Waals surface area contributed by atoms with E-state index < -0.39 is 23.4 Å². The van der Waals surface area contributed by atoms with Crippen LogP contribution in [0.25, 0.3) is 10.6 Å². The van der Waals surface area contributed by atoms with E-state index in [9.17, 15) is 14.4 Å². The van der Waals surface area contributed by atoms with E-state index in [0.717, 1.165) is 21.9 Å². The number of hydrogen-bond donors (Lipinski definition) is 2. The largest absolute Gasteiger partial charge is 0.494 e. The number of nitrogens with one attached hydrogen (secondary N) is 2. The van der Waals surface area contributed by atoms with Crippen molar-refractivity contribution >= 4 is 29.2 Å². The Labute approximate surface area is 201 Å². The zero-order valence-electron chi connectivity index (χ0n) is 19.3. The second-order valence-corrected chi connectivity index (χ2v) is 9.22. The number of nitrogens with zero attached hydrogens (tertiary/aromatic N) is 2. The topological polar surface area (TPSA) is 101 Å². The van der Waals surface area contributed by atoms with Crippen LogP contribution in [0.4, 0.5) is 4.79 Å². The van der Waals surface area contributed by atoms with Crippen molar-refractivity contribution in [2.24, 2.45) is 0 Å². The lowest BCUT2D eigenvalue weighted by Gasteiger charge is -2.21. The fourth-order valence-corrected chi connectivity index (χ4v) is 4.70. The molecule has 0 bridgehead atoms. The van der Waals surface area contributed by atoms with E-state index in [2.05, 4.69) is 15.7 Å². The second kappa shape index (κ2) is 9.64. The number of carbonyl (C=O) groups is 3. The third-order valence-corrected chi connectivity index (χ3v) is 6.85. The fourth-order valence-electron chi connectivity index (χ4n) is 3.74. The maximum atomic E-state index is 13.0. The molecule has 1 aliphatic rings. The number of carbonyl (C=O) groups excluding carboxylic acids is 3. The number of rotatable bonds is 8. The molecule has 1 saturated heterocycles. The molecule has 8 nitrogen and oxygen atoms in total. The predicted octanol–water partition coefficient (Wildman–Crippen LogP) is 4.11. The summed E-state index contributed by atoms with van der Waals surface area (Å²) in [4.78, 5) is 43.3. The van der Waals surface area contributed by atoms with Gasteiger partial charge in [0.2, 0.25) is 0 Å². The molecule has 3 aromatic rings. The minimum atomic E-state index is -1.10. The van der Waals surface area contributed by atoms with E-state index in [1.165, 1.54) is 11.3 Å². The lowest BCUT2D eigenvalue weighted by atomic mass is 9.93. The summed E-state index contributed by atoms with van der Waals surface area (Å²) in [7, 11) is 0. The number of urea groups is 1. The molecule has 2 heterocycles. The average Bonchev–Trinajstić information content (AvgIpc) is 3.32. The SMILES string of the molecule is CCOc1ccc(-c2nc(C)c(C(=O)NN3C(=O)NC(C)(CCc4ccccc4)C3=O)s2)cc1. The summed E-state index contributed by atoms with van der Waals surface area (Å²) in [6.45, 7) is 5.89. The van der Waals surface area contributed by atoms with Gasteiger partial charge in [0.05, 0.1) is 12.3 Å². The lowest BCUT2D eigenvalue weighted by Crippen LogP contribution is -2.48. The van der Waals surface area contributed by atoms with Gasteiger partial charge in [0, 0.05) is 5.56 Å².